The van der Waals surface area contributed by atoms with Gasteiger partial charge in [-0.15, -0.1) is 11.3 Å². The number of esters is 1. The number of rotatable bonds is 5. The fraction of sp³-hybridized carbons (Fsp3) is 0.286. The second-order valence-corrected chi connectivity index (χ2v) is 5.21. The Kier molecular flexibility index (Phi) is 4.65. The SMILES string of the molecule is COC(=O)c1ccc(CNCc2csc(C)n2)cc1. The molecule has 5 heteroatoms. The first-order valence-corrected chi connectivity index (χ1v) is 6.86. The Balaban J connectivity index is 1.84. The molecule has 0 aliphatic carbocycles. The normalized spacial score (nSPS) is 10.4. The number of nitrogens with zero attached hydrogens (tertiary/aromatic N) is 1. The lowest BCUT2D eigenvalue weighted by Gasteiger charge is -2.04. The van der Waals surface area contributed by atoms with E-state index in [0.29, 0.717) is 5.56 Å². The van der Waals surface area contributed by atoms with Gasteiger partial charge in [0.25, 0.3) is 0 Å². The minimum Gasteiger partial charge on any atom is -0.465 e. The number of hydrogen-bond donors (Lipinski definition) is 1. The van der Waals surface area contributed by atoms with Crippen LogP contribution in [0.1, 0.15) is 26.6 Å². The topological polar surface area (TPSA) is 51.2 Å². The molecule has 0 unspecified atom stereocenters. The zero-order valence-electron chi connectivity index (χ0n) is 11.0. The van der Waals surface area contributed by atoms with Crippen molar-refractivity contribution in [2.45, 2.75) is 20.0 Å². The second kappa shape index (κ2) is 6.45. The summed E-state index contributed by atoms with van der Waals surface area (Å²) in [6, 6.07) is 7.39. The summed E-state index contributed by atoms with van der Waals surface area (Å²) in [7, 11) is 1.38. The van der Waals surface area contributed by atoms with Crippen molar-refractivity contribution < 1.29 is 9.53 Å². The summed E-state index contributed by atoms with van der Waals surface area (Å²) in [5.74, 6) is -0.308. The van der Waals surface area contributed by atoms with Crippen LogP contribution in [0.3, 0.4) is 0 Å². The number of thiazole rings is 1. The number of methoxy groups -OCH3 is 1. The predicted molar refractivity (Wildman–Crippen MR) is 75.2 cm³/mol. The second-order valence-electron chi connectivity index (χ2n) is 4.15. The zero-order valence-corrected chi connectivity index (χ0v) is 11.8. The third-order valence-corrected chi connectivity index (χ3v) is 3.50. The van der Waals surface area contributed by atoms with Crippen molar-refractivity contribution >= 4 is 17.3 Å². The molecule has 2 aromatic rings. The Hall–Kier alpha value is -1.72. The minimum atomic E-state index is -0.308. The molecule has 0 saturated carbocycles. The number of nitrogens with one attached hydrogen (secondary N) is 1. The van der Waals surface area contributed by atoms with Crippen molar-refractivity contribution in [3.63, 3.8) is 0 Å². The Morgan fingerprint density at radius 2 is 2.05 bits per heavy atom. The molecule has 1 N–H and O–H groups in total. The summed E-state index contributed by atoms with van der Waals surface area (Å²) in [6.07, 6.45) is 0. The van der Waals surface area contributed by atoms with Crippen LogP contribution in [0.4, 0.5) is 0 Å². The lowest BCUT2D eigenvalue weighted by Crippen LogP contribution is -2.13. The van der Waals surface area contributed by atoms with Crippen molar-refractivity contribution in [2.24, 2.45) is 0 Å². The minimum absolute atomic E-state index is 0.308. The molecule has 0 spiro atoms. The van der Waals surface area contributed by atoms with Gasteiger partial charge in [-0.1, -0.05) is 12.1 Å². The van der Waals surface area contributed by atoms with Gasteiger partial charge in [0.05, 0.1) is 23.4 Å². The zero-order chi connectivity index (χ0) is 13.7. The van der Waals surface area contributed by atoms with Crippen LogP contribution in [0.15, 0.2) is 29.6 Å². The van der Waals surface area contributed by atoms with E-state index in [4.69, 9.17) is 0 Å². The monoisotopic (exact) mass is 276 g/mol. The number of benzene rings is 1. The van der Waals surface area contributed by atoms with Gasteiger partial charge >= 0.3 is 5.97 Å². The first-order valence-electron chi connectivity index (χ1n) is 5.98. The number of carbonyl (C=O) groups excluding carboxylic acids is 1. The first-order chi connectivity index (χ1) is 9.19. The molecule has 4 nitrogen and oxygen atoms in total. The Bertz CT molecular complexity index is 549. The highest BCUT2D eigenvalue weighted by atomic mass is 32.1. The van der Waals surface area contributed by atoms with Crippen LogP contribution in [-0.2, 0) is 17.8 Å². The smallest absolute Gasteiger partial charge is 0.337 e. The van der Waals surface area contributed by atoms with E-state index in [0.717, 1.165) is 29.4 Å². The molecule has 2 rings (SSSR count). The van der Waals surface area contributed by atoms with Crippen LogP contribution in [0, 0.1) is 6.92 Å². The first kappa shape index (κ1) is 13.7. The maximum Gasteiger partial charge on any atom is 0.337 e. The van der Waals surface area contributed by atoms with Gasteiger partial charge in [0, 0.05) is 18.5 Å². The molecule has 0 saturated heterocycles. The van der Waals surface area contributed by atoms with Gasteiger partial charge in [-0.2, -0.15) is 0 Å². The van der Waals surface area contributed by atoms with Crippen LogP contribution >= 0.6 is 11.3 Å². The number of aryl methyl sites for hydroxylation is 1. The van der Waals surface area contributed by atoms with Crippen LogP contribution in [0.5, 0.6) is 0 Å². The molecule has 0 aliphatic rings. The lowest BCUT2D eigenvalue weighted by atomic mass is 10.1. The molecule has 1 aromatic heterocycles. The third kappa shape index (κ3) is 3.87. The highest BCUT2D eigenvalue weighted by molar-refractivity contribution is 7.09. The maximum absolute atomic E-state index is 11.3. The van der Waals surface area contributed by atoms with Crippen LogP contribution < -0.4 is 5.32 Å². The highest BCUT2D eigenvalue weighted by Gasteiger charge is 2.04. The lowest BCUT2D eigenvalue weighted by molar-refractivity contribution is 0.0600. The standard InChI is InChI=1S/C14H16N2O2S/c1-10-16-13(9-19-10)8-15-7-11-3-5-12(6-4-11)14(17)18-2/h3-6,9,15H,7-8H2,1-2H3. The Morgan fingerprint density at radius 1 is 1.32 bits per heavy atom. The van der Waals surface area contributed by atoms with Gasteiger partial charge in [0.1, 0.15) is 0 Å². The molecule has 0 aliphatic heterocycles. The van der Waals surface area contributed by atoms with E-state index in [1.54, 1.807) is 23.5 Å². The summed E-state index contributed by atoms with van der Waals surface area (Å²) in [4.78, 5) is 15.7. The van der Waals surface area contributed by atoms with Gasteiger partial charge in [-0.25, -0.2) is 9.78 Å². The van der Waals surface area contributed by atoms with E-state index in [-0.39, 0.29) is 5.97 Å². The molecule has 19 heavy (non-hydrogen) atoms. The van der Waals surface area contributed by atoms with Gasteiger partial charge in [0.2, 0.25) is 0 Å². The van der Waals surface area contributed by atoms with Gasteiger partial charge < -0.3 is 10.1 Å². The van der Waals surface area contributed by atoms with Crippen molar-refractivity contribution in [2.75, 3.05) is 7.11 Å². The van der Waals surface area contributed by atoms with E-state index in [2.05, 4.69) is 20.4 Å². The van der Waals surface area contributed by atoms with Crippen LogP contribution in [-0.4, -0.2) is 18.1 Å². The average Bonchev–Trinajstić information content (AvgIpc) is 2.84. The van der Waals surface area contributed by atoms with Gasteiger partial charge in [-0.05, 0) is 24.6 Å². The van der Waals surface area contributed by atoms with Gasteiger partial charge in [-0.3, -0.25) is 0 Å². The molecular weight excluding hydrogens is 260 g/mol. The van der Waals surface area contributed by atoms with E-state index < -0.39 is 0 Å². The molecule has 0 fully saturated rings. The summed E-state index contributed by atoms with van der Waals surface area (Å²) in [5.41, 5.74) is 2.76. The third-order valence-electron chi connectivity index (χ3n) is 2.68. The number of hydrogen-bond acceptors (Lipinski definition) is 5. The van der Waals surface area contributed by atoms with Crippen molar-refractivity contribution in [1.29, 1.82) is 0 Å². The van der Waals surface area contributed by atoms with Crippen molar-refractivity contribution in [1.82, 2.24) is 10.3 Å². The van der Waals surface area contributed by atoms with Crippen LogP contribution in [0.25, 0.3) is 0 Å². The largest absolute Gasteiger partial charge is 0.465 e. The van der Waals surface area contributed by atoms with E-state index in [1.807, 2.05) is 19.1 Å². The Labute approximate surface area is 116 Å². The van der Waals surface area contributed by atoms with Gasteiger partial charge in [0.15, 0.2) is 0 Å². The fourth-order valence-electron chi connectivity index (χ4n) is 1.70. The molecule has 0 amide bonds. The highest BCUT2D eigenvalue weighted by Crippen LogP contribution is 2.08. The fourth-order valence-corrected chi connectivity index (χ4v) is 2.31. The summed E-state index contributed by atoms with van der Waals surface area (Å²) in [5, 5.41) is 6.46. The van der Waals surface area contributed by atoms with E-state index in [9.17, 15) is 4.79 Å². The summed E-state index contributed by atoms with van der Waals surface area (Å²) < 4.78 is 4.66. The van der Waals surface area contributed by atoms with E-state index >= 15 is 0 Å². The quantitative estimate of drug-likeness (QED) is 0.853. The summed E-state index contributed by atoms with van der Waals surface area (Å²) >= 11 is 1.66. The molecule has 100 valence electrons. The predicted octanol–water partition coefficient (Wildman–Crippen LogP) is 2.53. The molecule has 0 atom stereocenters. The molecule has 0 radical (unpaired) electrons. The number of ether oxygens (including phenoxy) is 1. The molecule has 0 bridgehead atoms. The maximum atomic E-state index is 11.3. The van der Waals surface area contributed by atoms with E-state index in [1.165, 1.54) is 7.11 Å². The summed E-state index contributed by atoms with van der Waals surface area (Å²) in [6.45, 7) is 3.50. The number of aromatic nitrogens is 1. The molecule has 1 aromatic carbocycles. The van der Waals surface area contributed by atoms with Crippen LogP contribution in [0.2, 0.25) is 0 Å². The number of carbonyl (C=O) groups is 1. The molecule has 1 heterocycles. The van der Waals surface area contributed by atoms with Crippen molar-refractivity contribution in [3.8, 4) is 0 Å². The average molecular weight is 276 g/mol. The molecular formula is C14H16N2O2S. The Morgan fingerprint density at radius 3 is 2.63 bits per heavy atom. The van der Waals surface area contributed by atoms with Crippen molar-refractivity contribution in [3.05, 3.63) is 51.5 Å².